The summed E-state index contributed by atoms with van der Waals surface area (Å²) in [5.41, 5.74) is 0. The van der Waals surface area contributed by atoms with Crippen molar-refractivity contribution >= 4 is 15.9 Å². The zero-order chi connectivity index (χ0) is 17.2. The zero-order valence-electron chi connectivity index (χ0n) is 14.0. The van der Waals surface area contributed by atoms with Gasteiger partial charge in [0.05, 0.1) is 4.90 Å². The third-order valence-corrected chi connectivity index (χ3v) is 6.94. The van der Waals surface area contributed by atoms with Crippen molar-refractivity contribution in [3.63, 3.8) is 0 Å². The van der Waals surface area contributed by atoms with Crippen LogP contribution in [0.3, 0.4) is 0 Å². The Morgan fingerprint density at radius 2 is 1.96 bits per heavy atom. The molecular formula is C17H25N3O3S. The molecule has 1 aromatic rings. The quantitative estimate of drug-likeness (QED) is 0.880. The van der Waals surface area contributed by atoms with Crippen molar-refractivity contribution in [2.45, 2.75) is 42.7 Å². The summed E-state index contributed by atoms with van der Waals surface area (Å²) in [5, 5.41) is 3.25. The minimum Gasteiger partial charge on any atom is -0.340 e. The van der Waals surface area contributed by atoms with Crippen LogP contribution < -0.4 is 5.32 Å². The maximum absolute atomic E-state index is 13.0. The van der Waals surface area contributed by atoms with Gasteiger partial charge in [0.1, 0.15) is 6.04 Å². The molecule has 1 amide bonds. The molecule has 2 aliphatic heterocycles. The van der Waals surface area contributed by atoms with Crippen molar-refractivity contribution in [2.24, 2.45) is 0 Å². The number of nitrogens with one attached hydrogen (secondary N) is 1. The molecule has 0 radical (unpaired) electrons. The van der Waals surface area contributed by atoms with E-state index in [0.29, 0.717) is 13.0 Å². The number of nitrogens with zero attached hydrogens (tertiary/aromatic N) is 2. The van der Waals surface area contributed by atoms with E-state index < -0.39 is 16.1 Å². The summed E-state index contributed by atoms with van der Waals surface area (Å²) in [6.07, 6.45) is 3.19. The lowest BCUT2D eigenvalue weighted by molar-refractivity contribution is -0.136. The molecule has 0 spiro atoms. The van der Waals surface area contributed by atoms with Crippen LogP contribution in [0, 0.1) is 0 Å². The lowest BCUT2D eigenvalue weighted by atomic mass is 10.0. The van der Waals surface area contributed by atoms with E-state index in [1.165, 1.54) is 4.31 Å². The Hall–Kier alpha value is -1.44. The van der Waals surface area contributed by atoms with Gasteiger partial charge in [0, 0.05) is 26.2 Å². The molecule has 0 aromatic heterocycles. The summed E-state index contributed by atoms with van der Waals surface area (Å²) in [5.74, 6) is -0.0806. The molecule has 2 saturated heterocycles. The molecule has 0 saturated carbocycles. The SMILES string of the molecule is CN(C(=O)C1CCCCN1S(=O)(=O)c1ccccc1)C1CCNC1. The maximum Gasteiger partial charge on any atom is 0.243 e. The van der Waals surface area contributed by atoms with Crippen LogP contribution >= 0.6 is 0 Å². The van der Waals surface area contributed by atoms with Crippen LogP contribution in [0.4, 0.5) is 0 Å². The van der Waals surface area contributed by atoms with Gasteiger partial charge in [0.15, 0.2) is 0 Å². The van der Waals surface area contributed by atoms with Crippen LogP contribution in [0.15, 0.2) is 35.2 Å². The fourth-order valence-electron chi connectivity index (χ4n) is 3.55. The second-order valence-electron chi connectivity index (χ2n) is 6.54. The molecule has 2 heterocycles. The molecule has 3 rings (SSSR count). The van der Waals surface area contributed by atoms with Gasteiger partial charge in [-0.25, -0.2) is 8.42 Å². The predicted molar refractivity (Wildman–Crippen MR) is 92.0 cm³/mol. The molecule has 0 bridgehead atoms. The fraction of sp³-hybridized carbons (Fsp3) is 0.588. The molecule has 132 valence electrons. The number of carbonyl (C=O) groups is 1. The maximum atomic E-state index is 13.0. The molecule has 2 fully saturated rings. The van der Waals surface area contributed by atoms with Gasteiger partial charge in [-0.3, -0.25) is 4.79 Å². The number of hydrogen-bond acceptors (Lipinski definition) is 4. The Morgan fingerprint density at radius 1 is 1.21 bits per heavy atom. The van der Waals surface area contributed by atoms with E-state index in [2.05, 4.69) is 5.32 Å². The fourth-order valence-corrected chi connectivity index (χ4v) is 5.22. The summed E-state index contributed by atoms with van der Waals surface area (Å²) in [6.45, 7) is 2.09. The summed E-state index contributed by atoms with van der Waals surface area (Å²) in [4.78, 5) is 15.0. The van der Waals surface area contributed by atoms with Crippen molar-refractivity contribution in [3.05, 3.63) is 30.3 Å². The molecule has 0 aliphatic carbocycles. The van der Waals surface area contributed by atoms with Crippen molar-refractivity contribution in [2.75, 3.05) is 26.7 Å². The van der Waals surface area contributed by atoms with E-state index in [0.717, 1.165) is 32.4 Å². The first-order valence-electron chi connectivity index (χ1n) is 8.56. The van der Waals surface area contributed by atoms with Crippen LogP contribution in [0.5, 0.6) is 0 Å². The summed E-state index contributed by atoms with van der Waals surface area (Å²) >= 11 is 0. The molecule has 7 heteroatoms. The Kier molecular flexibility index (Phi) is 5.22. The Morgan fingerprint density at radius 3 is 2.62 bits per heavy atom. The molecule has 24 heavy (non-hydrogen) atoms. The van der Waals surface area contributed by atoms with Gasteiger partial charge in [-0.2, -0.15) is 4.31 Å². The van der Waals surface area contributed by atoms with E-state index in [-0.39, 0.29) is 16.8 Å². The molecule has 6 nitrogen and oxygen atoms in total. The minimum absolute atomic E-state index is 0.0806. The second-order valence-corrected chi connectivity index (χ2v) is 8.43. The van der Waals surface area contributed by atoms with Crippen LogP contribution in [-0.2, 0) is 14.8 Å². The van der Waals surface area contributed by atoms with Crippen LogP contribution in [0.2, 0.25) is 0 Å². The van der Waals surface area contributed by atoms with Crippen molar-refractivity contribution in [1.29, 1.82) is 0 Å². The minimum atomic E-state index is -3.64. The lowest BCUT2D eigenvalue weighted by Crippen LogP contribution is -2.54. The first-order chi connectivity index (χ1) is 11.5. The normalized spacial score (nSPS) is 25.5. The highest BCUT2D eigenvalue weighted by Gasteiger charge is 2.40. The van der Waals surface area contributed by atoms with E-state index in [1.54, 1.807) is 42.3 Å². The molecule has 1 N–H and O–H groups in total. The van der Waals surface area contributed by atoms with Crippen molar-refractivity contribution in [3.8, 4) is 0 Å². The molecule has 2 unspecified atom stereocenters. The summed E-state index contributed by atoms with van der Waals surface area (Å²) in [7, 11) is -1.85. The van der Waals surface area contributed by atoms with Gasteiger partial charge in [0.2, 0.25) is 15.9 Å². The average Bonchev–Trinajstić information content (AvgIpc) is 3.16. The lowest BCUT2D eigenvalue weighted by Gasteiger charge is -2.37. The standard InChI is InChI=1S/C17H25N3O3S/c1-19(14-10-11-18-13-14)17(21)16-9-5-6-12-20(16)24(22,23)15-7-3-2-4-8-15/h2-4,7-8,14,16,18H,5-6,9-13H2,1H3. The van der Waals surface area contributed by atoms with Gasteiger partial charge in [-0.15, -0.1) is 0 Å². The Balaban J connectivity index is 1.84. The number of carbonyl (C=O) groups excluding carboxylic acids is 1. The number of likely N-dealkylation sites (N-methyl/N-ethyl adjacent to an activating group) is 1. The van der Waals surface area contributed by atoms with E-state index in [9.17, 15) is 13.2 Å². The van der Waals surface area contributed by atoms with Crippen molar-refractivity contribution < 1.29 is 13.2 Å². The van der Waals surface area contributed by atoms with Gasteiger partial charge in [-0.1, -0.05) is 24.6 Å². The third-order valence-electron chi connectivity index (χ3n) is 5.02. The number of sulfonamides is 1. The monoisotopic (exact) mass is 351 g/mol. The summed E-state index contributed by atoms with van der Waals surface area (Å²) < 4.78 is 27.4. The number of piperidine rings is 1. The Labute approximate surface area is 143 Å². The highest BCUT2D eigenvalue weighted by molar-refractivity contribution is 7.89. The molecule has 1 aromatic carbocycles. The summed E-state index contributed by atoms with van der Waals surface area (Å²) in [6, 6.07) is 7.97. The van der Waals surface area contributed by atoms with E-state index in [4.69, 9.17) is 0 Å². The molecule has 2 atom stereocenters. The average molecular weight is 351 g/mol. The topological polar surface area (TPSA) is 69.7 Å². The highest BCUT2D eigenvalue weighted by Crippen LogP contribution is 2.27. The Bertz CT molecular complexity index is 672. The third kappa shape index (κ3) is 3.34. The number of hydrogen-bond donors (Lipinski definition) is 1. The molecule has 2 aliphatic rings. The highest BCUT2D eigenvalue weighted by atomic mass is 32.2. The van der Waals surface area contributed by atoms with Gasteiger partial charge in [-0.05, 0) is 37.9 Å². The zero-order valence-corrected chi connectivity index (χ0v) is 14.8. The van der Waals surface area contributed by atoms with Crippen LogP contribution in [0.1, 0.15) is 25.7 Å². The number of rotatable bonds is 4. The van der Waals surface area contributed by atoms with Crippen LogP contribution in [0.25, 0.3) is 0 Å². The smallest absolute Gasteiger partial charge is 0.243 e. The first kappa shape index (κ1) is 17.4. The van der Waals surface area contributed by atoms with E-state index >= 15 is 0 Å². The van der Waals surface area contributed by atoms with Gasteiger partial charge >= 0.3 is 0 Å². The van der Waals surface area contributed by atoms with Crippen molar-refractivity contribution in [1.82, 2.24) is 14.5 Å². The predicted octanol–water partition coefficient (Wildman–Crippen LogP) is 1.05. The second kappa shape index (κ2) is 7.21. The van der Waals surface area contributed by atoms with Gasteiger partial charge in [0.25, 0.3) is 0 Å². The van der Waals surface area contributed by atoms with Crippen LogP contribution in [-0.4, -0.2) is 62.3 Å². The van der Waals surface area contributed by atoms with Gasteiger partial charge < -0.3 is 10.2 Å². The first-order valence-corrected chi connectivity index (χ1v) is 10.00. The molecular weight excluding hydrogens is 326 g/mol. The largest absolute Gasteiger partial charge is 0.340 e. The number of amides is 1. The number of benzene rings is 1. The van der Waals surface area contributed by atoms with E-state index in [1.807, 2.05) is 0 Å².